The lowest BCUT2D eigenvalue weighted by Crippen LogP contribution is -2.06. The Kier molecular flexibility index (Phi) is 11.5. The van der Waals surface area contributed by atoms with Crippen LogP contribution in [0.2, 0.25) is 0 Å². The molecule has 0 heterocycles. The second-order valence-electron chi connectivity index (χ2n) is 8.28. The molecule has 0 aliphatic carbocycles. The molecule has 35 heavy (non-hydrogen) atoms. The van der Waals surface area contributed by atoms with E-state index in [0.717, 1.165) is 44.1 Å². The van der Waals surface area contributed by atoms with Crippen molar-refractivity contribution < 1.29 is 28.8 Å². The monoisotopic (exact) mass is 483 g/mol. The Bertz CT molecular complexity index is 1010. The van der Waals surface area contributed by atoms with E-state index >= 15 is 0 Å². The number of hydrogen-bond donors (Lipinski definition) is 2. The summed E-state index contributed by atoms with van der Waals surface area (Å²) in [6, 6.07) is 10.7. The van der Waals surface area contributed by atoms with Crippen LogP contribution in [0.5, 0.6) is 23.0 Å². The number of carbonyl (C=O) groups excluding carboxylic acids is 1. The zero-order valence-corrected chi connectivity index (χ0v) is 21.0. The Morgan fingerprint density at radius 3 is 2.17 bits per heavy atom. The maximum Gasteiger partial charge on any atom is 0.333 e. The van der Waals surface area contributed by atoms with Crippen LogP contribution in [0.3, 0.4) is 0 Å². The Labute approximate surface area is 208 Å². The first-order valence-corrected chi connectivity index (χ1v) is 11.8. The van der Waals surface area contributed by atoms with Gasteiger partial charge < -0.3 is 29.8 Å². The van der Waals surface area contributed by atoms with Gasteiger partial charge >= 0.3 is 5.97 Å². The number of nitrogens with two attached hydrogens (primary N) is 1. The lowest BCUT2D eigenvalue weighted by Gasteiger charge is -2.12. The molecule has 0 fully saturated rings. The van der Waals surface area contributed by atoms with Crippen LogP contribution in [0.25, 0.3) is 11.8 Å². The molecule has 0 bridgehead atoms. The van der Waals surface area contributed by atoms with Crippen molar-refractivity contribution >= 4 is 17.7 Å². The molecule has 0 amide bonds. The molecule has 0 atom stereocenters. The molecule has 0 saturated carbocycles. The van der Waals surface area contributed by atoms with Gasteiger partial charge in [0.25, 0.3) is 0 Å². The molecule has 0 radical (unpaired) electrons. The van der Waals surface area contributed by atoms with Gasteiger partial charge in [0.2, 0.25) is 0 Å². The predicted octanol–water partition coefficient (Wildman–Crippen LogP) is 5.70. The van der Waals surface area contributed by atoms with Gasteiger partial charge in [-0.2, -0.15) is 0 Å². The highest BCUT2D eigenvalue weighted by molar-refractivity contribution is 5.86. The number of rotatable bonds is 15. The summed E-state index contributed by atoms with van der Waals surface area (Å²) in [4.78, 5) is 11.3. The van der Waals surface area contributed by atoms with Crippen LogP contribution in [-0.4, -0.2) is 38.5 Å². The van der Waals surface area contributed by atoms with E-state index in [4.69, 9.17) is 24.7 Å². The van der Waals surface area contributed by atoms with Gasteiger partial charge in [0.15, 0.2) is 23.0 Å². The second kappa shape index (κ2) is 14.6. The zero-order chi connectivity index (χ0) is 25.6. The summed E-state index contributed by atoms with van der Waals surface area (Å²) in [5.41, 5.74) is 8.71. The lowest BCUT2D eigenvalue weighted by molar-refractivity contribution is -0.139. The Morgan fingerprint density at radius 2 is 1.54 bits per heavy atom. The maximum atomic E-state index is 11.3. The van der Waals surface area contributed by atoms with Crippen molar-refractivity contribution in [2.45, 2.75) is 45.4 Å². The minimum absolute atomic E-state index is 0.0341. The number of carbonyl (C=O) groups is 1. The molecule has 0 aliphatic rings. The van der Waals surface area contributed by atoms with Gasteiger partial charge in [-0.1, -0.05) is 38.3 Å². The molecule has 3 N–H and O–H groups in total. The first-order valence-electron chi connectivity index (χ1n) is 11.8. The summed E-state index contributed by atoms with van der Waals surface area (Å²) < 4.78 is 21.6. The number of unbranched alkanes of at least 4 members (excludes halogenated alkanes) is 5. The molecule has 0 spiro atoms. The van der Waals surface area contributed by atoms with E-state index in [2.05, 4.69) is 6.58 Å². The van der Waals surface area contributed by atoms with Gasteiger partial charge in [-0.15, -0.1) is 0 Å². The molecular weight excluding hydrogens is 446 g/mol. The first kappa shape index (κ1) is 27.6. The zero-order valence-electron chi connectivity index (χ0n) is 21.0. The third-order valence-corrected chi connectivity index (χ3v) is 5.40. The second-order valence-corrected chi connectivity index (χ2v) is 8.28. The molecule has 0 saturated heterocycles. The molecule has 2 aromatic rings. The van der Waals surface area contributed by atoms with Crippen LogP contribution in [0.1, 0.15) is 56.6 Å². The molecule has 0 unspecified atom stereocenters. The van der Waals surface area contributed by atoms with E-state index in [0.29, 0.717) is 47.3 Å². The van der Waals surface area contributed by atoms with Crippen LogP contribution in [0.4, 0.5) is 0 Å². The molecule has 190 valence electrons. The van der Waals surface area contributed by atoms with Crippen molar-refractivity contribution in [1.29, 1.82) is 0 Å². The lowest BCUT2D eigenvalue weighted by atomic mass is 10.1. The highest BCUT2D eigenvalue weighted by atomic mass is 16.5. The van der Waals surface area contributed by atoms with Gasteiger partial charge in [0.05, 0.1) is 27.4 Å². The molecule has 7 nitrogen and oxygen atoms in total. The maximum absolute atomic E-state index is 11.3. The Balaban J connectivity index is 1.76. The Morgan fingerprint density at radius 1 is 0.914 bits per heavy atom. The van der Waals surface area contributed by atoms with Gasteiger partial charge in [-0.05, 0) is 61.7 Å². The number of benzene rings is 2. The van der Waals surface area contributed by atoms with Crippen molar-refractivity contribution in [3.05, 3.63) is 59.7 Å². The van der Waals surface area contributed by atoms with Crippen molar-refractivity contribution in [2.75, 3.05) is 27.4 Å². The van der Waals surface area contributed by atoms with Crippen molar-refractivity contribution in [2.24, 2.45) is 5.73 Å². The molecule has 7 heteroatoms. The average molecular weight is 484 g/mol. The normalized spacial score (nSPS) is 11.1. The number of methoxy groups -OCH3 is 2. The SMILES string of the molecule is C=C(C)C(=O)OCCCCCCCCOc1ccc(/C=C(\N)c2ccc(OC)c(O)c2)cc1OC. The van der Waals surface area contributed by atoms with Crippen molar-refractivity contribution in [1.82, 2.24) is 0 Å². The Hall–Kier alpha value is -3.61. The number of hydrogen-bond acceptors (Lipinski definition) is 7. The largest absolute Gasteiger partial charge is 0.504 e. The molecule has 2 rings (SSSR count). The molecule has 2 aromatic carbocycles. The number of esters is 1. The number of phenolic OH excluding ortho intramolecular Hbond substituents is 1. The quantitative estimate of drug-likeness (QED) is 0.145. The van der Waals surface area contributed by atoms with Crippen molar-refractivity contribution in [3.8, 4) is 23.0 Å². The summed E-state index contributed by atoms with van der Waals surface area (Å²) in [6.07, 6.45) is 7.95. The summed E-state index contributed by atoms with van der Waals surface area (Å²) in [6.45, 7) is 6.28. The number of ether oxygens (including phenoxy) is 4. The standard InChI is InChI=1S/C28H37NO6/c1-20(2)28(31)35-16-10-8-6-5-7-9-15-34-26-13-11-21(18-27(26)33-4)17-23(29)22-12-14-25(32-3)24(30)19-22/h11-14,17-19,30H,1,5-10,15-16,29H2,2-4H3/b23-17-. The third-order valence-electron chi connectivity index (χ3n) is 5.40. The van der Waals surface area contributed by atoms with E-state index < -0.39 is 0 Å². The van der Waals surface area contributed by atoms with Crippen LogP contribution in [0.15, 0.2) is 48.6 Å². The van der Waals surface area contributed by atoms with Gasteiger partial charge in [-0.25, -0.2) is 4.79 Å². The predicted molar refractivity (Wildman–Crippen MR) is 139 cm³/mol. The van der Waals surface area contributed by atoms with Crippen molar-refractivity contribution in [3.63, 3.8) is 0 Å². The number of aromatic hydroxyl groups is 1. The average Bonchev–Trinajstić information content (AvgIpc) is 2.85. The molecule has 0 aliphatic heterocycles. The minimum atomic E-state index is -0.317. The fourth-order valence-corrected chi connectivity index (χ4v) is 3.41. The van der Waals surface area contributed by atoms with Gasteiger partial charge in [-0.3, -0.25) is 0 Å². The van der Waals surface area contributed by atoms with Crippen LogP contribution in [-0.2, 0) is 9.53 Å². The van der Waals surface area contributed by atoms with Gasteiger partial charge in [0, 0.05) is 16.8 Å². The van der Waals surface area contributed by atoms with E-state index in [1.165, 1.54) is 7.11 Å². The van der Waals surface area contributed by atoms with Gasteiger partial charge in [0.1, 0.15) is 0 Å². The molecular formula is C28H37NO6. The highest BCUT2D eigenvalue weighted by Gasteiger charge is 2.08. The smallest absolute Gasteiger partial charge is 0.333 e. The van der Waals surface area contributed by atoms with Crippen LogP contribution in [0, 0.1) is 0 Å². The highest BCUT2D eigenvalue weighted by Crippen LogP contribution is 2.31. The van der Waals surface area contributed by atoms with E-state index in [1.807, 2.05) is 24.3 Å². The summed E-state index contributed by atoms with van der Waals surface area (Å²) in [5.74, 6) is 1.43. The first-order chi connectivity index (χ1) is 16.8. The number of phenols is 1. The summed E-state index contributed by atoms with van der Waals surface area (Å²) >= 11 is 0. The van der Waals surface area contributed by atoms with E-state index in [1.54, 1.807) is 32.2 Å². The van der Waals surface area contributed by atoms with E-state index in [-0.39, 0.29) is 11.7 Å². The fraction of sp³-hybridized carbons (Fsp3) is 0.393. The minimum Gasteiger partial charge on any atom is -0.504 e. The fourth-order valence-electron chi connectivity index (χ4n) is 3.41. The van der Waals surface area contributed by atoms with Crippen LogP contribution < -0.4 is 19.9 Å². The van der Waals surface area contributed by atoms with Crippen LogP contribution >= 0.6 is 0 Å². The molecule has 0 aromatic heterocycles. The summed E-state index contributed by atoms with van der Waals surface area (Å²) in [7, 11) is 3.10. The summed E-state index contributed by atoms with van der Waals surface area (Å²) in [5, 5.41) is 9.98. The third kappa shape index (κ3) is 9.27. The van der Waals surface area contributed by atoms with E-state index in [9.17, 15) is 9.90 Å². The topological polar surface area (TPSA) is 100 Å².